The second-order valence-corrected chi connectivity index (χ2v) is 13.7. The van der Waals surface area contributed by atoms with Gasteiger partial charge in [0.25, 0.3) is 0 Å². The standard InChI is InChI=1S/C46H30N2/c1-46-25-5-4-20-42(46)48-41-19-3-2-14-33(41)40-27-30(21-22-39(40)45(48)47-46)29-12-6-13-31(26-29)32-23-24-38-36-16-8-11-28-10-7-15-35(43(28)36)37-18-9-17-34(32)44(37)38/h2-27,42H,1H3/t42?,46-/m1/s1. The maximum Gasteiger partial charge on any atom is 0.137 e. The molecule has 1 aliphatic carbocycles. The summed E-state index contributed by atoms with van der Waals surface area (Å²) in [7, 11) is 0. The number of amidine groups is 1. The second kappa shape index (κ2) is 9.30. The van der Waals surface area contributed by atoms with Crippen molar-refractivity contribution in [3.63, 3.8) is 0 Å². The van der Waals surface area contributed by atoms with E-state index in [0.29, 0.717) is 0 Å². The van der Waals surface area contributed by atoms with Crippen LogP contribution in [0.3, 0.4) is 0 Å². The molecule has 0 saturated heterocycles. The first-order valence-electron chi connectivity index (χ1n) is 16.8. The lowest BCUT2D eigenvalue weighted by atomic mass is 9.85. The summed E-state index contributed by atoms with van der Waals surface area (Å²) >= 11 is 0. The van der Waals surface area contributed by atoms with E-state index < -0.39 is 0 Å². The lowest BCUT2D eigenvalue weighted by Gasteiger charge is -2.37. The molecule has 48 heavy (non-hydrogen) atoms. The number of allylic oxidation sites excluding steroid dienone is 2. The number of aliphatic imine (C=N–C) groups is 1. The Morgan fingerprint density at radius 1 is 0.521 bits per heavy atom. The summed E-state index contributed by atoms with van der Waals surface area (Å²) in [6, 6.07) is 49.8. The Hall–Kier alpha value is -5.99. The molecule has 2 nitrogen and oxygen atoms in total. The van der Waals surface area contributed by atoms with Gasteiger partial charge in [0.1, 0.15) is 11.4 Å². The zero-order valence-corrected chi connectivity index (χ0v) is 26.5. The molecule has 11 rings (SSSR count). The summed E-state index contributed by atoms with van der Waals surface area (Å²) in [5, 5.41) is 10.6. The Labute approximate surface area is 278 Å². The fourth-order valence-corrected chi connectivity index (χ4v) is 8.85. The highest BCUT2D eigenvalue weighted by Gasteiger charge is 2.47. The third kappa shape index (κ3) is 3.39. The monoisotopic (exact) mass is 610 g/mol. The molecular formula is C46H30N2. The number of fused-ring (bicyclic) bond motifs is 10. The molecule has 0 radical (unpaired) electrons. The molecule has 0 spiro atoms. The van der Waals surface area contributed by atoms with Gasteiger partial charge < -0.3 is 4.90 Å². The number of para-hydroxylation sites is 1. The quantitative estimate of drug-likeness (QED) is 0.140. The van der Waals surface area contributed by atoms with E-state index in [1.165, 1.54) is 87.7 Å². The molecular weight excluding hydrogens is 581 g/mol. The van der Waals surface area contributed by atoms with E-state index >= 15 is 0 Å². The fourth-order valence-electron chi connectivity index (χ4n) is 8.85. The van der Waals surface area contributed by atoms with Crippen LogP contribution in [0.25, 0.3) is 76.5 Å². The van der Waals surface area contributed by atoms with Gasteiger partial charge in [-0.2, -0.15) is 0 Å². The summed E-state index contributed by atoms with van der Waals surface area (Å²) in [4.78, 5) is 7.79. The van der Waals surface area contributed by atoms with Gasteiger partial charge in [-0.3, -0.25) is 4.99 Å². The molecule has 0 bridgehead atoms. The van der Waals surface area contributed by atoms with E-state index in [-0.39, 0.29) is 11.6 Å². The molecule has 0 fully saturated rings. The van der Waals surface area contributed by atoms with Crippen LogP contribution in [0.1, 0.15) is 12.5 Å². The van der Waals surface area contributed by atoms with Gasteiger partial charge in [-0.1, -0.05) is 140 Å². The van der Waals surface area contributed by atoms with Crippen LogP contribution in [0.15, 0.2) is 163 Å². The van der Waals surface area contributed by atoms with Crippen molar-refractivity contribution in [2.45, 2.75) is 18.5 Å². The SMILES string of the molecule is C[C@@]12C=CC=CC1N1C(=N2)c2ccc(-c3cccc(-c4ccc5c6cccc7cccc(c8cccc4c85)c76)c3)cc2-c2ccccc21. The number of hydrogen-bond acceptors (Lipinski definition) is 2. The average molecular weight is 611 g/mol. The summed E-state index contributed by atoms with van der Waals surface area (Å²) in [5.74, 6) is 1.06. The van der Waals surface area contributed by atoms with Gasteiger partial charge >= 0.3 is 0 Å². The van der Waals surface area contributed by atoms with Gasteiger partial charge in [0.15, 0.2) is 0 Å². The third-order valence-electron chi connectivity index (χ3n) is 11.0. The van der Waals surface area contributed by atoms with Crippen LogP contribution in [0, 0.1) is 0 Å². The maximum atomic E-state index is 5.35. The molecule has 8 aromatic rings. The third-order valence-corrected chi connectivity index (χ3v) is 11.0. The molecule has 0 saturated carbocycles. The van der Waals surface area contributed by atoms with Crippen LogP contribution < -0.4 is 4.90 Å². The first-order chi connectivity index (χ1) is 23.7. The van der Waals surface area contributed by atoms with E-state index in [2.05, 4.69) is 170 Å². The van der Waals surface area contributed by atoms with E-state index in [4.69, 9.17) is 4.99 Å². The molecule has 3 aliphatic rings. The van der Waals surface area contributed by atoms with Gasteiger partial charge in [0.2, 0.25) is 0 Å². The summed E-state index contributed by atoms with van der Waals surface area (Å²) in [6.07, 6.45) is 8.82. The van der Waals surface area contributed by atoms with Crippen molar-refractivity contribution >= 4 is 54.6 Å². The van der Waals surface area contributed by atoms with E-state index in [1.54, 1.807) is 0 Å². The topological polar surface area (TPSA) is 15.6 Å². The first-order valence-corrected chi connectivity index (χ1v) is 16.8. The number of nitrogens with zero attached hydrogens (tertiary/aromatic N) is 2. The Morgan fingerprint density at radius 3 is 2.08 bits per heavy atom. The van der Waals surface area contributed by atoms with Crippen LogP contribution in [0.2, 0.25) is 0 Å². The Balaban J connectivity index is 1.08. The molecule has 2 aliphatic heterocycles. The Bertz CT molecular complexity index is 2710. The average Bonchev–Trinajstić information content (AvgIpc) is 3.47. The number of benzene rings is 8. The predicted molar refractivity (Wildman–Crippen MR) is 203 cm³/mol. The van der Waals surface area contributed by atoms with Crippen LogP contribution in [0.5, 0.6) is 0 Å². The van der Waals surface area contributed by atoms with Crippen LogP contribution >= 0.6 is 0 Å². The van der Waals surface area contributed by atoms with Gasteiger partial charge in [-0.05, 0) is 96.0 Å². The molecule has 2 heterocycles. The van der Waals surface area contributed by atoms with E-state index in [0.717, 1.165) is 5.84 Å². The van der Waals surface area contributed by atoms with Crippen molar-refractivity contribution in [3.8, 4) is 33.4 Å². The highest BCUT2D eigenvalue weighted by molar-refractivity contribution is 6.34. The minimum Gasteiger partial charge on any atom is -0.316 e. The molecule has 0 aromatic heterocycles. The highest BCUT2D eigenvalue weighted by Crippen LogP contribution is 2.48. The molecule has 2 heteroatoms. The van der Waals surface area contributed by atoms with Crippen molar-refractivity contribution in [1.29, 1.82) is 0 Å². The minimum absolute atomic E-state index is 0.173. The van der Waals surface area contributed by atoms with Gasteiger partial charge in [-0.25, -0.2) is 0 Å². The van der Waals surface area contributed by atoms with Gasteiger partial charge in [0.05, 0.1) is 11.7 Å². The van der Waals surface area contributed by atoms with Crippen molar-refractivity contribution in [2.24, 2.45) is 4.99 Å². The number of rotatable bonds is 2. The largest absolute Gasteiger partial charge is 0.316 e. The molecule has 224 valence electrons. The molecule has 8 aromatic carbocycles. The van der Waals surface area contributed by atoms with Crippen LogP contribution in [0.4, 0.5) is 5.69 Å². The first kappa shape index (κ1) is 26.1. The second-order valence-electron chi connectivity index (χ2n) is 13.7. The lowest BCUT2D eigenvalue weighted by Crippen LogP contribution is -2.45. The van der Waals surface area contributed by atoms with Gasteiger partial charge in [0, 0.05) is 11.1 Å². The number of hydrogen-bond donors (Lipinski definition) is 0. The normalized spacial score (nSPS) is 19.1. The lowest BCUT2D eigenvalue weighted by molar-refractivity contribution is 0.550. The van der Waals surface area contributed by atoms with E-state index in [1.807, 2.05) is 0 Å². The predicted octanol–water partition coefficient (Wildman–Crippen LogP) is 11.6. The fraction of sp³-hybridized carbons (Fsp3) is 0.0652. The van der Waals surface area contributed by atoms with Crippen molar-refractivity contribution in [1.82, 2.24) is 0 Å². The van der Waals surface area contributed by atoms with Crippen molar-refractivity contribution in [3.05, 3.63) is 163 Å². The minimum atomic E-state index is -0.279. The van der Waals surface area contributed by atoms with Crippen LogP contribution in [-0.4, -0.2) is 17.4 Å². The maximum absolute atomic E-state index is 5.35. The number of anilines is 1. The summed E-state index contributed by atoms with van der Waals surface area (Å²) < 4.78 is 0. The van der Waals surface area contributed by atoms with Gasteiger partial charge in [-0.15, -0.1) is 0 Å². The van der Waals surface area contributed by atoms with Crippen LogP contribution in [-0.2, 0) is 0 Å². The van der Waals surface area contributed by atoms with E-state index in [9.17, 15) is 0 Å². The molecule has 2 atom stereocenters. The van der Waals surface area contributed by atoms with Crippen molar-refractivity contribution in [2.75, 3.05) is 4.90 Å². The zero-order chi connectivity index (χ0) is 31.6. The smallest absolute Gasteiger partial charge is 0.137 e. The van der Waals surface area contributed by atoms with Crippen molar-refractivity contribution < 1.29 is 0 Å². The molecule has 0 N–H and O–H groups in total. The molecule has 0 amide bonds. The summed E-state index contributed by atoms with van der Waals surface area (Å²) in [5.41, 5.74) is 9.57. The highest BCUT2D eigenvalue weighted by atomic mass is 15.3. The Kier molecular flexibility index (Phi) is 5.06. The summed E-state index contributed by atoms with van der Waals surface area (Å²) in [6.45, 7) is 2.24. The Morgan fingerprint density at radius 2 is 1.21 bits per heavy atom. The zero-order valence-electron chi connectivity index (χ0n) is 26.5. The molecule has 1 unspecified atom stereocenters.